The molecule has 0 aliphatic carbocycles. The summed E-state index contributed by atoms with van der Waals surface area (Å²) >= 11 is 0. The van der Waals surface area contributed by atoms with Crippen molar-refractivity contribution in [2.75, 3.05) is 25.5 Å². The van der Waals surface area contributed by atoms with E-state index in [1.807, 2.05) is 32.0 Å². The smallest absolute Gasteiger partial charge is 0.256 e. The first-order valence-electron chi connectivity index (χ1n) is 8.11. The van der Waals surface area contributed by atoms with Gasteiger partial charge in [0.1, 0.15) is 5.60 Å². The second-order valence-electron chi connectivity index (χ2n) is 6.15. The first kappa shape index (κ1) is 16.6. The lowest BCUT2D eigenvalue weighted by Crippen LogP contribution is -2.51. The number of anilines is 1. The number of hydrogen-bond donors (Lipinski definition) is 2. The largest absolute Gasteiger partial charge is 0.368 e. The van der Waals surface area contributed by atoms with Crippen LogP contribution >= 0.6 is 0 Å². The van der Waals surface area contributed by atoms with E-state index < -0.39 is 5.60 Å². The van der Waals surface area contributed by atoms with Gasteiger partial charge in [0.2, 0.25) is 0 Å². The molecular formula is C17H23N5O2. The van der Waals surface area contributed by atoms with Gasteiger partial charge in [0, 0.05) is 12.8 Å². The normalized spacial score (nSPS) is 16.8. The Balaban J connectivity index is 1.74. The fourth-order valence-corrected chi connectivity index (χ4v) is 3.05. The van der Waals surface area contributed by atoms with Crippen molar-refractivity contribution in [2.24, 2.45) is 0 Å². The molecule has 3 rings (SSSR count). The molecule has 128 valence electrons. The molecular weight excluding hydrogens is 306 g/mol. The summed E-state index contributed by atoms with van der Waals surface area (Å²) in [4.78, 5) is 17.0. The zero-order valence-electron chi connectivity index (χ0n) is 14.3. The van der Waals surface area contributed by atoms with E-state index in [1.165, 1.54) is 0 Å². The lowest BCUT2D eigenvalue weighted by molar-refractivity contribution is -0.140. The fourth-order valence-electron chi connectivity index (χ4n) is 3.05. The molecule has 2 aromatic heterocycles. The highest BCUT2D eigenvalue weighted by molar-refractivity contribution is 5.97. The van der Waals surface area contributed by atoms with Crippen LogP contribution in [0, 0.1) is 13.8 Å². The van der Waals surface area contributed by atoms with Gasteiger partial charge in [0.05, 0.1) is 17.6 Å². The van der Waals surface area contributed by atoms with E-state index in [1.54, 1.807) is 18.0 Å². The maximum absolute atomic E-state index is 12.6. The van der Waals surface area contributed by atoms with Crippen LogP contribution < -0.4 is 10.6 Å². The number of pyridine rings is 1. The molecule has 7 heteroatoms. The number of amides is 1. The highest BCUT2D eigenvalue weighted by Gasteiger charge is 2.39. The van der Waals surface area contributed by atoms with Crippen LogP contribution in [-0.4, -0.2) is 46.5 Å². The number of carbonyl (C=O) groups is 1. The van der Waals surface area contributed by atoms with Crippen molar-refractivity contribution < 1.29 is 9.53 Å². The van der Waals surface area contributed by atoms with Crippen LogP contribution in [0.15, 0.2) is 24.4 Å². The van der Waals surface area contributed by atoms with Crippen molar-refractivity contribution in [1.82, 2.24) is 20.1 Å². The van der Waals surface area contributed by atoms with Crippen molar-refractivity contribution >= 4 is 11.6 Å². The first-order valence-corrected chi connectivity index (χ1v) is 8.11. The predicted octanol–water partition coefficient (Wildman–Crippen LogP) is 1.59. The van der Waals surface area contributed by atoms with E-state index in [2.05, 4.69) is 20.7 Å². The Morgan fingerprint density at radius 1 is 1.33 bits per heavy atom. The molecule has 1 aliphatic heterocycles. The van der Waals surface area contributed by atoms with Gasteiger partial charge in [-0.25, -0.2) is 9.67 Å². The first-order chi connectivity index (χ1) is 11.5. The second-order valence-corrected chi connectivity index (χ2v) is 6.15. The van der Waals surface area contributed by atoms with Crippen molar-refractivity contribution in [3.8, 4) is 5.82 Å². The van der Waals surface area contributed by atoms with Gasteiger partial charge >= 0.3 is 0 Å². The monoisotopic (exact) mass is 329 g/mol. The number of aromatic nitrogens is 3. The zero-order chi connectivity index (χ0) is 17.2. The van der Waals surface area contributed by atoms with Gasteiger partial charge in [-0.05, 0) is 58.0 Å². The van der Waals surface area contributed by atoms with Crippen LogP contribution in [0.5, 0.6) is 0 Å². The summed E-state index contributed by atoms with van der Waals surface area (Å²) in [6, 6.07) is 5.68. The lowest BCUT2D eigenvalue weighted by Gasteiger charge is -2.34. The van der Waals surface area contributed by atoms with Gasteiger partial charge in [-0.15, -0.1) is 0 Å². The molecule has 1 saturated heterocycles. The number of nitrogens with zero attached hydrogens (tertiary/aromatic N) is 3. The van der Waals surface area contributed by atoms with Gasteiger partial charge in [0.25, 0.3) is 5.91 Å². The third kappa shape index (κ3) is 3.18. The summed E-state index contributed by atoms with van der Waals surface area (Å²) in [7, 11) is 1.59. The Hall–Kier alpha value is -2.25. The standard InChI is InChI=1S/C17H23N5O2/c1-12-10-13(2)22(21-12)15-5-4-14(11-19-15)20-16(23)17(24-3)6-8-18-9-7-17/h4-5,10-11,18H,6-9H2,1-3H3,(H,20,23). The fraction of sp³-hybridized carbons (Fsp3) is 0.471. The summed E-state index contributed by atoms with van der Waals surface area (Å²) in [5.74, 6) is 0.606. The summed E-state index contributed by atoms with van der Waals surface area (Å²) in [6.07, 6.45) is 2.97. The van der Waals surface area contributed by atoms with Gasteiger partial charge in [0.15, 0.2) is 5.82 Å². The number of piperidine rings is 1. The lowest BCUT2D eigenvalue weighted by atomic mass is 9.91. The Labute approximate surface area is 141 Å². The summed E-state index contributed by atoms with van der Waals surface area (Å²) in [6.45, 7) is 5.48. The number of rotatable bonds is 4. The molecule has 24 heavy (non-hydrogen) atoms. The van der Waals surface area contributed by atoms with E-state index in [0.29, 0.717) is 18.5 Å². The molecule has 0 unspecified atom stereocenters. The number of ether oxygens (including phenoxy) is 1. The number of nitrogens with one attached hydrogen (secondary N) is 2. The topological polar surface area (TPSA) is 81.1 Å². The molecule has 0 saturated carbocycles. The van der Waals surface area contributed by atoms with Crippen LogP contribution in [-0.2, 0) is 9.53 Å². The minimum absolute atomic E-state index is 0.118. The number of carbonyl (C=O) groups excluding carboxylic acids is 1. The molecule has 2 N–H and O–H groups in total. The summed E-state index contributed by atoms with van der Waals surface area (Å²) in [5, 5.41) is 10.6. The molecule has 1 amide bonds. The Morgan fingerprint density at radius 2 is 2.08 bits per heavy atom. The highest BCUT2D eigenvalue weighted by atomic mass is 16.5. The highest BCUT2D eigenvalue weighted by Crippen LogP contribution is 2.24. The Morgan fingerprint density at radius 3 is 2.62 bits per heavy atom. The molecule has 0 radical (unpaired) electrons. The third-order valence-electron chi connectivity index (χ3n) is 4.45. The van der Waals surface area contributed by atoms with Gasteiger partial charge < -0.3 is 15.4 Å². The quantitative estimate of drug-likeness (QED) is 0.890. The SMILES string of the molecule is COC1(C(=O)Nc2ccc(-n3nc(C)cc3C)nc2)CCNCC1. The van der Waals surface area contributed by atoms with Crippen LogP contribution in [0.2, 0.25) is 0 Å². The molecule has 0 aromatic carbocycles. The summed E-state index contributed by atoms with van der Waals surface area (Å²) < 4.78 is 7.32. The Kier molecular flexibility index (Phi) is 4.64. The van der Waals surface area contributed by atoms with Crippen molar-refractivity contribution in [1.29, 1.82) is 0 Å². The van der Waals surface area contributed by atoms with Crippen LogP contribution in [0.25, 0.3) is 5.82 Å². The third-order valence-corrected chi connectivity index (χ3v) is 4.45. The van der Waals surface area contributed by atoms with Crippen LogP contribution in [0.3, 0.4) is 0 Å². The van der Waals surface area contributed by atoms with Gasteiger partial charge in [-0.1, -0.05) is 0 Å². The maximum Gasteiger partial charge on any atom is 0.256 e. The van der Waals surface area contributed by atoms with E-state index in [-0.39, 0.29) is 5.91 Å². The van der Waals surface area contributed by atoms with Gasteiger partial charge in [-0.2, -0.15) is 5.10 Å². The predicted molar refractivity (Wildman–Crippen MR) is 91.3 cm³/mol. The molecule has 3 heterocycles. The van der Waals surface area contributed by atoms with E-state index in [9.17, 15) is 4.79 Å². The van der Waals surface area contributed by atoms with E-state index in [4.69, 9.17) is 4.74 Å². The van der Waals surface area contributed by atoms with E-state index >= 15 is 0 Å². The average Bonchev–Trinajstić information content (AvgIpc) is 2.94. The molecule has 0 atom stereocenters. The minimum Gasteiger partial charge on any atom is -0.368 e. The molecule has 0 bridgehead atoms. The van der Waals surface area contributed by atoms with Gasteiger partial charge in [-0.3, -0.25) is 4.79 Å². The van der Waals surface area contributed by atoms with Crippen LogP contribution in [0.4, 0.5) is 5.69 Å². The second kappa shape index (κ2) is 6.70. The molecule has 1 aliphatic rings. The summed E-state index contributed by atoms with van der Waals surface area (Å²) in [5.41, 5.74) is 1.85. The number of methoxy groups -OCH3 is 1. The van der Waals surface area contributed by atoms with Crippen molar-refractivity contribution in [3.63, 3.8) is 0 Å². The van der Waals surface area contributed by atoms with Crippen molar-refractivity contribution in [3.05, 3.63) is 35.8 Å². The molecule has 7 nitrogen and oxygen atoms in total. The Bertz CT molecular complexity index is 717. The molecule has 0 spiro atoms. The van der Waals surface area contributed by atoms with E-state index in [0.717, 1.165) is 30.3 Å². The molecule has 2 aromatic rings. The van der Waals surface area contributed by atoms with Crippen molar-refractivity contribution in [2.45, 2.75) is 32.3 Å². The zero-order valence-corrected chi connectivity index (χ0v) is 14.3. The maximum atomic E-state index is 12.6. The van der Waals surface area contributed by atoms with Crippen LogP contribution in [0.1, 0.15) is 24.2 Å². The molecule has 1 fully saturated rings. The number of aryl methyl sites for hydroxylation is 2. The average molecular weight is 329 g/mol. The minimum atomic E-state index is -0.764. The number of hydrogen-bond acceptors (Lipinski definition) is 5.